The van der Waals surface area contributed by atoms with Crippen LogP contribution in [0.5, 0.6) is 0 Å². The number of carbonyl (C=O) groups excluding carboxylic acids is 1. The minimum atomic E-state index is -0.144. The fraction of sp³-hybridized carbons (Fsp3) is 0.462. The van der Waals surface area contributed by atoms with Crippen molar-refractivity contribution in [2.24, 2.45) is 5.92 Å². The van der Waals surface area contributed by atoms with Crippen LogP contribution in [0.25, 0.3) is 0 Å². The molecule has 0 heterocycles. The molecule has 0 aromatic heterocycles. The predicted octanol–water partition coefficient (Wildman–Crippen LogP) is 2.99. The molecule has 0 aliphatic heterocycles. The number of benzene rings is 1. The first kappa shape index (κ1) is 13.8. The number of hydrogen-bond acceptors (Lipinski definition) is 2. The van der Waals surface area contributed by atoms with Gasteiger partial charge in [-0.3, -0.25) is 4.79 Å². The minimum Gasteiger partial charge on any atom is -0.396 e. The monoisotopic (exact) mass is 331 g/mol. The Bertz CT molecular complexity index is 453. The smallest absolute Gasteiger partial charge is 0.252 e. The summed E-state index contributed by atoms with van der Waals surface area (Å²) in [5, 5.41) is 12.7. The Labute approximate surface area is 120 Å². The quantitative estimate of drug-likeness (QED) is 0.894. The average Bonchev–Trinajstić information content (AvgIpc) is 2.79. The molecule has 1 aliphatic carbocycles. The molecule has 2 N–H and O–H groups in total. The Morgan fingerprint density at radius 1 is 1.50 bits per heavy atom. The van der Waals surface area contributed by atoms with Gasteiger partial charge >= 0.3 is 0 Å². The van der Waals surface area contributed by atoms with E-state index < -0.39 is 0 Å². The van der Waals surface area contributed by atoms with Crippen LogP contribution in [0.15, 0.2) is 22.7 Å². The summed E-state index contributed by atoms with van der Waals surface area (Å²) in [4.78, 5) is 12.2. The van der Waals surface area contributed by atoms with Crippen LogP contribution in [-0.2, 0) is 0 Å². The van der Waals surface area contributed by atoms with E-state index in [4.69, 9.17) is 11.6 Å². The third kappa shape index (κ3) is 3.05. The summed E-state index contributed by atoms with van der Waals surface area (Å²) in [7, 11) is 0. The highest BCUT2D eigenvalue weighted by atomic mass is 79.9. The highest BCUT2D eigenvalue weighted by molar-refractivity contribution is 9.10. The molecular weight excluding hydrogens is 318 g/mol. The zero-order valence-electron chi connectivity index (χ0n) is 9.83. The maximum absolute atomic E-state index is 12.2. The topological polar surface area (TPSA) is 49.3 Å². The lowest BCUT2D eigenvalue weighted by atomic mass is 10.0. The van der Waals surface area contributed by atoms with Gasteiger partial charge in [-0.1, -0.05) is 18.0 Å². The van der Waals surface area contributed by atoms with Gasteiger partial charge in [-0.05, 0) is 47.0 Å². The van der Waals surface area contributed by atoms with E-state index in [1.165, 1.54) is 0 Å². The minimum absolute atomic E-state index is 0.0633. The van der Waals surface area contributed by atoms with E-state index in [0.717, 1.165) is 23.7 Å². The highest BCUT2D eigenvalue weighted by Crippen LogP contribution is 2.26. The van der Waals surface area contributed by atoms with Gasteiger partial charge in [-0.25, -0.2) is 0 Å². The zero-order valence-corrected chi connectivity index (χ0v) is 12.2. The van der Waals surface area contributed by atoms with Crippen molar-refractivity contribution >= 4 is 33.4 Å². The van der Waals surface area contributed by atoms with Crippen molar-refractivity contribution in [1.29, 1.82) is 0 Å². The van der Waals surface area contributed by atoms with Gasteiger partial charge in [0, 0.05) is 28.1 Å². The van der Waals surface area contributed by atoms with E-state index in [1.807, 2.05) is 0 Å². The normalized spacial score (nSPS) is 23.1. The predicted molar refractivity (Wildman–Crippen MR) is 74.8 cm³/mol. The molecule has 1 fully saturated rings. The van der Waals surface area contributed by atoms with Crippen LogP contribution < -0.4 is 5.32 Å². The van der Waals surface area contributed by atoms with Gasteiger partial charge in [-0.2, -0.15) is 0 Å². The van der Waals surface area contributed by atoms with E-state index in [2.05, 4.69) is 21.2 Å². The molecule has 18 heavy (non-hydrogen) atoms. The van der Waals surface area contributed by atoms with Gasteiger partial charge in [-0.15, -0.1) is 0 Å². The van der Waals surface area contributed by atoms with Crippen LogP contribution in [0.2, 0.25) is 5.02 Å². The van der Waals surface area contributed by atoms with Crippen molar-refractivity contribution in [3.05, 3.63) is 33.3 Å². The summed E-state index contributed by atoms with van der Waals surface area (Å²) in [5.74, 6) is 0.0293. The first-order chi connectivity index (χ1) is 8.61. The summed E-state index contributed by atoms with van der Waals surface area (Å²) in [6.45, 7) is 0.127. The Kier molecular flexibility index (Phi) is 4.65. The first-order valence-corrected chi connectivity index (χ1v) is 7.15. The fourth-order valence-electron chi connectivity index (χ4n) is 2.36. The fourth-order valence-corrected chi connectivity index (χ4v) is 2.96. The molecule has 0 radical (unpaired) electrons. The van der Waals surface area contributed by atoms with Crippen LogP contribution >= 0.6 is 27.5 Å². The Morgan fingerprint density at radius 3 is 3.00 bits per heavy atom. The molecule has 2 unspecified atom stereocenters. The lowest BCUT2D eigenvalue weighted by Gasteiger charge is -2.19. The van der Waals surface area contributed by atoms with Crippen molar-refractivity contribution in [3.8, 4) is 0 Å². The highest BCUT2D eigenvalue weighted by Gasteiger charge is 2.28. The molecular formula is C13H15BrClNO2. The second kappa shape index (κ2) is 6.04. The summed E-state index contributed by atoms with van der Waals surface area (Å²) >= 11 is 9.24. The van der Waals surface area contributed by atoms with Gasteiger partial charge in [0.05, 0.1) is 5.56 Å². The molecule has 2 atom stereocenters. The number of aliphatic hydroxyl groups is 1. The van der Waals surface area contributed by atoms with Gasteiger partial charge in [0.25, 0.3) is 5.91 Å². The van der Waals surface area contributed by atoms with Gasteiger partial charge in [0.15, 0.2) is 0 Å². The summed E-state index contributed by atoms with van der Waals surface area (Å²) in [6.07, 6.45) is 2.94. The van der Waals surface area contributed by atoms with Crippen LogP contribution in [0.1, 0.15) is 29.6 Å². The van der Waals surface area contributed by atoms with E-state index in [0.29, 0.717) is 10.6 Å². The second-order valence-corrected chi connectivity index (χ2v) is 5.87. The Hall–Kier alpha value is -0.580. The number of hydrogen-bond donors (Lipinski definition) is 2. The summed E-state index contributed by atoms with van der Waals surface area (Å²) in [5.41, 5.74) is 0.533. The number of aliphatic hydroxyl groups excluding tert-OH is 1. The maximum atomic E-state index is 12.2. The molecule has 1 aliphatic rings. The average molecular weight is 333 g/mol. The third-order valence-electron chi connectivity index (χ3n) is 3.38. The molecule has 1 aromatic carbocycles. The molecule has 2 rings (SSSR count). The van der Waals surface area contributed by atoms with E-state index in [-0.39, 0.29) is 24.5 Å². The number of carbonyl (C=O) groups is 1. The molecule has 1 amide bonds. The molecule has 5 heteroatoms. The van der Waals surface area contributed by atoms with Gasteiger partial charge < -0.3 is 10.4 Å². The lowest BCUT2D eigenvalue weighted by molar-refractivity contribution is 0.0915. The van der Waals surface area contributed by atoms with Crippen LogP contribution in [0.4, 0.5) is 0 Å². The zero-order chi connectivity index (χ0) is 13.1. The molecule has 1 saturated carbocycles. The summed E-state index contributed by atoms with van der Waals surface area (Å²) in [6, 6.07) is 5.20. The van der Waals surface area contributed by atoms with E-state index >= 15 is 0 Å². The lowest BCUT2D eigenvalue weighted by Crippen LogP contribution is -2.38. The van der Waals surface area contributed by atoms with Gasteiger partial charge in [0.1, 0.15) is 0 Å². The van der Waals surface area contributed by atoms with Gasteiger partial charge in [0.2, 0.25) is 0 Å². The molecule has 0 bridgehead atoms. The standard InChI is InChI=1S/C13H15BrClNO2/c14-11-5-4-9(15)6-10(11)13(18)16-12-3-1-2-8(12)7-17/h4-6,8,12,17H,1-3,7H2,(H,16,18). The second-order valence-electron chi connectivity index (χ2n) is 4.58. The largest absolute Gasteiger partial charge is 0.396 e. The SMILES string of the molecule is O=C(NC1CCCC1CO)c1cc(Cl)ccc1Br. The third-order valence-corrected chi connectivity index (χ3v) is 4.31. The number of halogens is 2. The molecule has 0 saturated heterocycles. The van der Waals surface area contributed by atoms with Crippen molar-refractivity contribution in [3.63, 3.8) is 0 Å². The Morgan fingerprint density at radius 2 is 2.28 bits per heavy atom. The molecule has 3 nitrogen and oxygen atoms in total. The van der Waals surface area contributed by atoms with Crippen LogP contribution in [0.3, 0.4) is 0 Å². The first-order valence-electron chi connectivity index (χ1n) is 5.98. The van der Waals surface area contributed by atoms with Crippen molar-refractivity contribution in [2.75, 3.05) is 6.61 Å². The van der Waals surface area contributed by atoms with Crippen molar-refractivity contribution in [1.82, 2.24) is 5.32 Å². The number of amides is 1. The molecule has 0 spiro atoms. The molecule has 1 aromatic rings. The van der Waals surface area contributed by atoms with E-state index in [9.17, 15) is 9.90 Å². The van der Waals surface area contributed by atoms with Crippen molar-refractivity contribution < 1.29 is 9.90 Å². The maximum Gasteiger partial charge on any atom is 0.252 e. The number of nitrogens with one attached hydrogen (secondary N) is 1. The Balaban J connectivity index is 2.09. The molecule has 98 valence electrons. The van der Waals surface area contributed by atoms with E-state index in [1.54, 1.807) is 18.2 Å². The van der Waals surface area contributed by atoms with Crippen molar-refractivity contribution in [2.45, 2.75) is 25.3 Å². The summed E-state index contributed by atoms with van der Waals surface area (Å²) < 4.78 is 0.725. The number of rotatable bonds is 3. The van der Waals surface area contributed by atoms with Crippen LogP contribution in [0, 0.1) is 5.92 Å². The van der Waals surface area contributed by atoms with Crippen LogP contribution in [-0.4, -0.2) is 23.7 Å².